The van der Waals surface area contributed by atoms with Gasteiger partial charge in [-0.1, -0.05) is 44.6 Å². The Morgan fingerprint density at radius 3 is 2.32 bits per heavy atom. The van der Waals surface area contributed by atoms with Crippen molar-refractivity contribution in [1.29, 1.82) is 0 Å². The first-order chi connectivity index (χ1) is 27.0. The van der Waals surface area contributed by atoms with Gasteiger partial charge in [0.25, 0.3) is 11.7 Å². The summed E-state index contributed by atoms with van der Waals surface area (Å²) in [6.45, 7) is 13.1. The first kappa shape index (κ1) is 46.9. The normalized spacial score (nSPS) is 39.1. The number of allylic oxidation sites excluding steroid dienone is 4. The summed E-state index contributed by atoms with van der Waals surface area (Å²) >= 11 is 0. The third kappa shape index (κ3) is 11.3. The third-order valence-corrected chi connectivity index (χ3v) is 12.9. The van der Waals surface area contributed by atoms with Crippen LogP contribution >= 0.6 is 0 Å². The Morgan fingerprint density at radius 1 is 1.00 bits per heavy atom. The lowest BCUT2D eigenvalue weighted by atomic mass is 9.81. The zero-order valence-corrected chi connectivity index (χ0v) is 35.4. The Labute approximate surface area is 339 Å². The molecule has 1 aliphatic carbocycles. The van der Waals surface area contributed by atoms with Crippen molar-refractivity contribution in [1.82, 2.24) is 4.90 Å². The summed E-state index contributed by atoms with van der Waals surface area (Å²) in [5.41, 5.74) is 1.60. The number of hydrogen-bond donors (Lipinski definition) is 3. The van der Waals surface area contributed by atoms with E-state index < -0.39 is 83.9 Å². The SMILES string of the molecule is C=CC[C@@H]1/C=C(\C)C[C@H](C)C[C@H](OC)[C@H]2O[C@@](O)(C(=O)C(=O)N3CCCC[C@H]3C(=O)O[C@@H]([C@H](C)[C@H](O)/C(C)=C/[C@@H]3CC[C@@H](O)[C@H](OC)C3)CC1=O)[C@H](C)C[C@@H]2OC. The quantitative estimate of drug-likeness (QED) is 0.168. The standard InChI is InChI=1S/C44H69NO12/c1-10-13-31-19-25(2)18-26(3)20-37(54-8)40-38(55-9)22-28(5)44(52,57-40)41(49)42(50)45-17-12-11-14-32(45)43(51)56-35(24-34(31)47)29(6)39(48)27(4)21-30-15-16-33(46)36(23-30)53-7/h10,19,21,26,28-33,35-40,46,48,52H,1,11-18,20,22-24H2,2-9H3/b25-19+,27-21+/t26-,28+,29-,30-,31+,32-,33+,35+,36+,37-,38-,39+,40+,44+/m0/s1. The smallest absolute Gasteiger partial charge is 0.329 e. The Hall–Kier alpha value is -2.78. The summed E-state index contributed by atoms with van der Waals surface area (Å²) in [4.78, 5) is 58.0. The van der Waals surface area contributed by atoms with E-state index in [-0.39, 0.29) is 49.5 Å². The fraction of sp³-hybridized carbons (Fsp3) is 0.773. The van der Waals surface area contributed by atoms with E-state index in [0.717, 1.165) is 10.5 Å². The maximum atomic E-state index is 14.3. The molecule has 0 aromatic carbocycles. The number of methoxy groups -OCH3 is 3. The second kappa shape index (κ2) is 21.0. The molecule has 2 bridgehead atoms. The molecule has 3 aliphatic heterocycles. The number of esters is 1. The van der Waals surface area contributed by atoms with Crippen molar-refractivity contribution in [2.45, 2.75) is 160 Å². The summed E-state index contributed by atoms with van der Waals surface area (Å²) < 4.78 is 29.6. The highest BCUT2D eigenvalue weighted by molar-refractivity contribution is 6.39. The van der Waals surface area contributed by atoms with E-state index in [9.17, 15) is 34.5 Å². The molecule has 57 heavy (non-hydrogen) atoms. The summed E-state index contributed by atoms with van der Waals surface area (Å²) in [5.74, 6) is -7.80. The number of fused-ring (bicyclic) bond motifs is 3. The zero-order valence-electron chi connectivity index (χ0n) is 35.4. The van der Waals surface area contributed by atoms with Crippen LogP contribution in [0.15, 0.2) is 36.0 Å². The predicted molar refractivity (Wildman–Crippen MR) is 213 cm³/mol. The van der Waals surface area contributed by atoms with Gasteiger partial charge in [0.15, 0.2) is 0 Å². The minimum atomic E-state index is -2.50. The van der Waals surface area contributed by atoms with Crippen LogP contribution in [0.5, 0.6) is 0 Å². The van der Waals surface area contributed by atoms with Crippen LogP contribution in [0.3, 0.4) is 0 Å². The highest BCUT2D eigenvalue weighted by atomic mass is 16.7. The number of hydrogen-bond acceptors (Lipinski definition) is 12. The highest BCUT2D eigenvalue weighted by Gasteiger charge is 2.56. The van der Waals surface area contributed by atoms with E-state index in [1.54, 1.807) is 34.0 Å². The lowest BCUT2D eigenvalue weighted by Gasteiger charge is -2.47. The van der Waals surface area contributed by atoms with E-state index in [1.165, 1.54) is 14.2 Å². The Bertz CT molecular complexity index is 1480. The van der Waals surface area contributed by atoms with Crippen molar-refractivity contribution in [3.63, 3.8) is 0 Å². The molecule has 0 aromatic heterocycles. The van der Waals surface area contributed by atoms with Gasteiger partial charge in [0, 0.05) is 52.0 Å². The topological polar surface area (TPSA) is 178 Å². The fourth-order valence-corrected chi connectivity index (χ4v) is 9.40. The molecule has 1 amide bonds. The van der Waals surface area contributed by atoms with Crippen LogP contribution in [0.2, 0.25) is 0 Å². The average molecular weight is 804 g/mol. The Kier molecular flexibility index (Phi) is 17.2. The van der Waals surface area contributed by atoms with E-state index in [2.05, 4.69) is 6.58 Å². The van der Waals surface area contributed by atoms with Gasteiger partial charge in [-0.15, -0.1) is 6.58 Å². The summed E-state index contributed by atoms with van der Waals surface area (Å²) in [6, 6.07) is -1.17. The van der Waals surface area contributed by atoms with Crippen LogP contribution in [-0.2, 0) is 42.9 Å². The number of Topliss-reactive ketones (excluding diaryl/α,β-unsaturated/α-hetero) is 2. The molecule has 13 heteroatoms. The number of ketones is 2. The molecule has 14 atom stereocenters. The second-order valence-corrected chi connectivity index (χ2v) is 17.3. The summed E-state index contributed by atoms with van der Waals surface area (Å²) in [7, 11) is 4.63. The number of carbonyl (C=O) groups is 4. The van der Waals surface area contributed by atoms with Crippen molar-refractivity contribution in [3.05, 3.63) is 36.0 Å². The molecule has 0 aromatic rings. The Morgan fingerprint density at radius 2 is 1.67 bits per heavy atom. The molecule has 13 nitrogen and oxygen atoms in total. The number of ether oxygens (including phenoxy) is 5. The summed E-state index contributed by atoms with van der Waals surface area (Å²) in [5, 5.41) is 34.0. The molecular weight excluding hydrogens is 734 g/mol. The number of aliphatic hydroxyl groups is 3. The number of amides is 1. The van der Waals surface area contributed by atoms with E-state index in [1.807, 2.05) is 26.0 Å². The second-order valence-electron chi connectivity index (χ2n) is 17.3. The largest absolute Gasteiger partial charge is 0.460 e. The number of carbonyl (C=O) groups excluding carboxylic acids is 4. The van der Waals surface area contributed by atoms with Gasteiger partial charge in [0.1, 0.15) is 24.0 Å². The predicted octanol–water partition coefficient (Wildman–Crippen LogP) is 4.64. The number of rotatable bonds is 9. The number of cyclic esters (lactones) is 1. The molecule has 0 unspecified atom stereocenters. The highest BCUT2D eigenvalue weighted by Crippen LogP contribution is 2.39. The minimum absolute atomic E-state index is 0.0120. The van der Waals surface area contributed by atoms with Gasteiger partial charge in [-0.3, -0.25) is 14.4 Å². The molecule has 0 radical (unpaired) electrons. The van der Waals surface area contributed by atoms with Crippen LogP contribution in [0, 0.1) is 29.6 Å². The van der Waals surface area contributed by atoms with Gasteiger partial charge in [-0.2, -0.15) is 0 Å². The molecule has 4 rings (SSSR count). The van der Waals surface area contributed by atoms with Crippen molar-refractivity contribution in [3.8, 4) is 0 Å². The first-order valence-electron chi connectivity index (χ1n) is 20.9. The fourth-order valence-electron chi connectivity index (χ4n) is 9.40. The summed E-state index contributed by atoms with van der Waals surface area (Å²) in [6.07, 6.45) is 5.10. The average Bonchev–Trinajstić information content (AvgIpc) is 3.19. The van der Waals surface area contributed by atoms with Crippen LogP contribution in [-0.4, -0.2) is 126 Å². The molecule has 0 spiro atoms. The molecule has 3 heterocycles. The molecule has 3 N–H and O–H groups in total. The van der Waals surface area contributed by atoms with Gasteiger partial charge in [-0.25, -0.2) is 4.79 Å². The molecule has 322 valence electrons. The van der Waals surface area contributed by atoms with Crippen LogP contribution in [0.25, 0.3) is 0 Å². The minimum Gasteiger partial charge on any atom is -0.460 e. The Balaban J connectivity index is 1.74. The van der Waals surface area contributed by atoms with Crippen molar-refractivity contribution in [2.75, 3.05) is 27.9 Å². The molecule has 4 aliphatic rings. The monoisotopic (exact) mass is 803 g/mol. The molecule has 2 saturated heterocycles. The van der Waals surface area contributed by atoms with E-state index >= 15 is 0 Å². The van der Waals surface area contributed by atoms with Crippen LogP contribution < -0.4 is 0 Å². The van der Waals surface area contributed by atoms with Crippen molar-refractivity contribution >= 4 is 23.4 Å². The van der Waals surface area contributed by atoms with Gasteiger partial charge < -0.3 is 43.9 Å². The van der Waals surface area contributed by atoms with E-state index in [0.29, 0.717) is 56.9 Å². The molecule has 3 fully saturated rings. The van der Waals surface area contributed by atoms with Gasteiger partial charge >= 0.3 is 5.97 Å². The number of piperidine rings is 1. The van der Waals surface area contributed by atoms with E-state index in [4.69, 9.17) is 23.7 Å². The van der Waals surface area contributed by atoms with Gasteiger partial charge in [-0.05, 0) is 95.5 Å². The molecule has 1 saturated carbocycles. The lowest BCUT2D eigenvalue weighted by Crippen LogP contribution is -2.64. The number of nitrogens with zero attached hydrogens (tertiary/aromatic N) is 1. The third-order valence-electron chi connectivity index (χ3n) is 12.9. The van der Waals surface area contributed by atoms with Crippen molar-refractivity contribution in [2.24, 2.45) is 29.6 Å². The lowest BCUT2D eigenvalue weighted by molar-refractivity contribution is -0.302. The zero-order chi connectivity index (χ0) is 42.2. The number of aliphatic hydroxyl groups excluding tert-OH is 2. The maximum Gasteiger partial charge on any atom is 0.329 e. The molecular formula is C44H69NO12. The van der Waals surface area contributed by atoms with Crippen molar-refractivity contribution < 1.29 is 58.2 Å². The maximum absolute atomic E-state index is 14.3. The van der Waals surface area contributed by atoms with Gasteiger partial charge in [0.2, 0.25) is 5.79 Å². The first-order valence-corrected chi connectivity index (χ1v) is 20.9. The van der Waals surface area contributed by atoms with Crippen LogP contribution in [0.1, 0.15) is 105 Å². The van der Waals surface area contributed by atoms with Gasteiger partial charge in [0.05, 0.1) is 30.5 Å². The van der Waals surface area contributed by atoms with Crippen LogP contribution in [0.4, 0.5) is 0 Å².